The summed E-state index contributed by atoms with van der Waals surface area (Å²) in [4.78, 5) is 34.5. The number of rotatable bonds is 6. The van der Waals surface area contributed by atoms with Crippen molar-refractivity contribution in [3.8, 4) is 0 Å². The molecular weight excluding hydrogens is 472 g/mol. The second-order valence-electron chi connectivity index (χ2n) is 9.78. The summed E-state index contributed by atoms with van der Waals surface area (Å²) in [6.45, 7) is 2.72. The zero-order chi connectivity index (χ0) is 25.1. The molecule has 186 valence electrons. The second-order valence-corrected chi connectivity index (χ2v) is 10.2. The number of halogens is 1. The average molecular weight is 503 g/mol. The lowest BCUT2D eigenvalue weighted by Gasteiger charge is -2.35. The van der Waals surface area contributed by atoms with Crippen LogP contribution in [0.5, 0.6) is 0 Å². The zero-order valence-corrected chi connectivity index (χ0v) is 21.2. The Labute approximate surface area is 217 Å². The van der Waals surface area contributed by atoms with Crippen LogP contribution in [-0.2, 0) is 6.42 Å². The molecule has 1 aliphatic carbocycles. The first-order chi connectivity index (χ1) is 17.5. The van der Waals surface area contributed by atoms with Gasteiger partial charge in [0, 0.05) is 50.3 Å². The largest absolute Gasteiger partial charge is 0.371 e. The Bertz CT molecular complexity index is 1240. The first kappa shape index (κ1) is 24.3. The number of anilines is 1. The third-order valence-electron chi connectivity index (χ3n) is 7.42. The number of fused-ring (bicyclic) bond motifs is 1. The van der Waals surface area contributed by atoms with Crippen molar-refractivity contribution in [2.24, 2.45) is 5.92 Å². The summed E-state index contributed by atoms with van der Waals surface area (Å²) in [5.74, 6) is 0.317. The highest BCUT2D eigenvalue weighted by Crippen LogP contribution is 2.33. The molecular formula is C29H31ClN4O2. The van der Waals surface area contributed by atoms with Crippen molar-refractivity contribution in [1.82, 2.24) is 15.2 Å². The van der Waals surface area contributed by atoms with E-state index >= 15 is 0 Å². The van der Waals surface area contributed by atoms with Crippen molar-refractivity contribution < 1.29 is 9.59 Å². The number of nitrogens with one attached hydrogen (secondary N) is 1. The number of pyridine rings is 1. The van der Waals surface area contributed by atoms with E-state index in [9.17, 15) is 9.59 Å². The molecule has 3 aromatic rings. The summed E-state index contributed by atoms with van der Waals surface area (Å²) < 4.78 is 0. The van der Waals surface area contributed by atoms with Gasteiger partial charge in [0.25, 0.3) is 11.8 Å². The molecule has 1 aliphatic heterocycles. The van der Waals surface area contributed by atoms with E-state index in [4.69, 9.17) is 11.6 Å². The van der Waals surface area contributed by atoms with Gasteiger partial charge in [-0.25, -0.2) is 0 Å². The Morgan fingerprint density at radius 3 is 2.56 bits per heavy atom. The smallest absolute Gasteiger partial charge is 0.253 e. The number of carbonyl (C=O) groups is 2. The van der Waals surface area contributed by atoms with Gasteiger partial charge in [0.1, 0.15) is 0 Å². The highest BCUT2D eigenvalue weighted by molar-refractivity contribution is 6.33. The molecule has 2 aromatic carbocycles. The van der Waals surface area contributed by atoms with Gasteiger partial charge in [-0.05, 0) is 79.1 Å². The molecule has 1 aromatic heterocycles. The minimum absolute atomic E-state index is 0.0254. The maximum absolute atomic E-state index is 13.3. The van der Waals surface area contributed by atoms with Gasteiger partial charge in [-0.3, -0.25) is 14.6 Å². The molecule has 1 fully saturated rings. The topological polar surface area (TPSA) is 65.5 Å². The number of hydrogen-bond acceptors (Lipinski definition) is 4. The number of hydrogen-bond donors (Lipinski definition) is 1. The van der Waals surface area contributed by atoms with E-state index in [0.29, 0.717) is 22.1 Å². The maximum Gasteiger partial charge on any atom is 0.253 e. The van der Waals surface area contributed by atoms with E-state index in [1.54, 1.807) is 18.2 Å². The summed E-state index contributed by atoms with van der Waals surface area (Å²) in [7, 11) is 1.89. The van der Waals surface area contributed by atoms with Crippen LogP contribution in [0.3, 0.4) is 0 Å². The lowest BCUT2D eigenvalue weighted by Crippen LogP contribution is -2.39. The number of carbonyl (C=O) groups excluding carboxylic acids is 2. The monoisotopic (exact) mass is 502 g/mol. The van der Waals surface area contributed by atoms with Crippen LogP contribution in [0.4, 0.5) is 5.69 Å². The molecule has 36 heavy (non-hydrogen) atoms. The Balaban J connectivity index is 1.20. The van der Waals surface area contributed by atoms with Gasteiger partial charge < -0.3 is 15.1 Å². The number of benzene rings is 2. The molecule has 1 saturated heterocycles. The first-order valence-electron chi connectivity index (χ1n) is 12.6. The van der Waals surface area contributed by atoms with Crippen LogP contribution in [0.15, 0.2) is 67.0 Å². The van der Waals surface area contributed by atoms with Crippen LogP contribution < -0.4 is 10.2 Å². The van der Waals surface area contributed by atoms with Crippen molar-refractivity contribution in [2.75, 3.05) is 31.6 Å². The van der Waals surface area contributed by atoms with Crippen molar-refractivity contribution in [2.45, 2.75) is 31.7 Å². The molecule has 7 heteroatoms. The SMILES string of the molecule is CN(CC1CCN(c2ccncc2)CC1)C(=O)c1ccc2c(c1)[C@H](NC(=O)c1ccccc1Cl)CC2. The van der Waals surface area contributed by atoms with Crippen LogP contribution in [0.25, 0.3) is 0 Å². The van der Waals surface area contributed by atoms with Gasteiger partial charge in [0.15, 0.2) is 0 Å². The molecule has 0 saturated carbocycles. The van der Waals surface area contributed by atoms with E-state index in [-0.39, 0.29) is 17.9 Å². The summed E-state index contributed by atoms with van der Waals surface area (Å²) in [5, 5.41) is 3.55. The van der Waals surface area contributed by atoms with Gasteiger partial charge in [-0.1, -0.05) is 29.8 Å². The zero-order valence-electron chi connectivity index (χ0n) is 20.5. The third-order valence-corrected chi connectivity index (χ3v) is 7.75. The number of amides is 2. The molecule has 0 bridgehead atoms. The number of nitrogens with zero attached hydrogens (tertiary/aromatic N) is 3. The van der Waals surface area contributed by atoms with E-state index < -0.39 is 0 Å². The van der Waals surface area contributed by atoms with Crippen LogP contribution in [0, 0.1) is 5.92 Å². The maximum atomic E-state index is 13.3. The predicted molar refractivity (Wildman–Crippen MR) is 143 cm³/mol. The Morgan fingerprint density at radius 2 is 1.81 bits per heavy atom. The highest BCUT2D eigenvalue weighted by atomic mass is 35.5. The van der Waals surface area contributed by atoms with E-state index in [1.165, 1.54) is 11.3 Å². The molecule has 0 unspecified atom stereocenters. The minimum atomic E-state index is -0.189. The van der Waals surface area contributed by atoms with E-state index in [2.05, 4.69) is 15.2 Å². The number of aryl methyl sites for hydroxylation is 1. The second kappa shape index (κ2) is 10.7. The fraction of sp³-hybridized carbons (Fsp3) is 0.345. The van der Waals surface area contributed by atoms with Crippen LogP contribution in [-0.4, -0.2) is 48.4 Å². The molecule has 1 N–H and O–H groups in total. The van der Waals surface area contributed by atoms with Crippen molar-refractivity contribution in [3.63, 3.8) is 0 Å². The van der Waals surface area contributed by atoms with Gasteiger partial charge >= 0.3 is 0 Å². The summed E-state index contributed by atoms with van der Waals surface area (Å²) in [5.41, 5.74) is 4.56. The molecule has 2 heterocycles. The van der Waals surface area contributed by atoms with Gasteiger partial charge in [-0.2, -0.15) is 0 Å². The number of aromatic nitrogens is 1. The molecule has 5 rings (SSSR count). The normalized spacial score (nSPS) is 17.5. The summed E-state index contributed by atoms with van der Waals surface area (Å²) in [6.07, 6.45) is 7.47. The standard InChI is InChI=1S/C29H31ClN4O2/c1-33(19-20-12-16-34(17-13-20)23-10-14-31-15-11-23)29(36)22-7-6-21-8-9-27(25(21)18-22)32-28(35)24-4-2-3-5-26(24)30/h2-7,10-11,14-15,18,20,27H,8-9,12-13,16-17,19H2,1H3,(H,32,35)/t27-/m1/s1. The van der Waals surface area contributed by atoms with Gasteiger partial charge in [0.05, 0.1) is 16.6 Å². The Morgan fingerprint density at radius 1 is 1.06 bits per heavy atom. The third kappa shape index (κ3) is 5.24. The fourth-order valence-electron chi connectivity index (χ4n) is 5.39. The number of piperidine rings is 1. The van der Waals surface area contributed by atoms with Crippen molar-refractivity contribution in [3.05, 3.63) is 94.3 Å². The predicted octanol–water partition coefficient (Wildman–Crippen LogP) is 5.14. The average Bonchev–Trinajstić information content (AvgIpc) is 3.31. The first-order valence-corrected chi connectivity index (χ1v) is 13.0. The summed E-state index contributed by atoms with van der Waals surface area (Å²) >= 11 is 6.21. The molecule has 1 atom stereocenters. The van der Waals surface area contributed by atoms with Crippen LogP contribution in [0.2, 0.25) is 5.02 Å². The van der Waals surface area contributed by atoms with E-state index in [1.807, 2.05) is 60.7 Å². The Hall–Kier alpha value is -3.38. The van der Waals surface area contributed by atoms with Crippen molar-refractivity contribution >= 4 is 29.1 Å². The molecule has 0 radical (unpaired) electrons. The lowest BCUT2D eigenvalue weighted by atomic mass is 9.95. The molecule has 6 nitrogen and oxygen atoms in total. The minimum Gasteiger partial charge on any atom is -0.371 e. The van der Waals surface area contributed by atoms with E-state index in [0.717, 1.165) is 50.9 Å². The summed E-state index contributed by atoms with van der Waals surface area (Å²) in [6, 6.07) is 16.9. The van der Waals surface area contributed by atoms with Gasteiger partial charge in [0.2, 0.25) is 0 Å². The van der Waals surface area contributed by atoms with Gasteiger partial charge in [-0.15, -0.1) is 0 Å². The molecule has 2 amide bonds. The quantitative estimate of drug-likeness (QED) is 0.507. The molecule has 0 spiro atoms. The molecule has 2 aliphatic rings. The Kier molecular flexibility index (Phi) is 7.23. The lowest BCUT2D eigenvalue weighted by molar-refractivity contribution is 0.0764. The highest BCUT2D eigenvalue weighted by Gasteiger charge is 2.27. The fourth-order valence-corrected chi connectivity index (χ4v) is 5.61. The van der Waals surface area contributed by atoms with Crippen LogP contribution in [0.1, 0.15) is 57.1 Å². The van der Waals surface area contributed by atoms with Crippen molar-refractivity contribution in [1.29, 1.82) is 0 Å². The van der Waals surface area contributed by atoms with Crippen LogP contribution >= 0.6 is 11.6 Å².